The van der Waals surface area contributed by atoms with E-state index >= 15 is 0 Å². The van der Waals surface area contributed by atoms with Gasteiger partial charge in [-0.3, -0.25) is 4.79 Å². The molecule has 3 heteroatoms. The van der Waals surface area contributed by atoms with E-state index in [9.17, 15) is 4.79 Å². The monoisotopic (exact) mass is 224 g/mol. The van der Waals surface area contributed by atoms with Crippen LogP contribution in [0.15, 0.2) is 0 Å². The normalized spacial score (nSPS) is 21.9. The van der Waals surface area contributed by atoms with Crippen LogP contribution < -0.4 is 5.73 Å². The first kappa shape index (κ1) is 11.9. The van der Waals surface area contributed by atoms with Crippen LogP contribution in [-0.4, -0.2) is 29.9 Å². The summed E-state index contributed by atoms with van der Waals surface area (Å²) < 4.78 is 0. The molecule has 0 aromatic carbocycles. The van der Waals surface area contributed by atoms with Crippen LogP contribution >= 0.6 is 0 Å². The maximum absolute atomic E-state index is 12.2. The molecule has 2 rings (SSSR count). The topological polar surface area (TPSA) is 46.3 Å². The van der Waals surface area contributed by atoms with Crippen molar-refractivity contribution in [1.82, 2.24) is 4.90 Å². The Morgan fingerprint density at radius 2 is 2.06 bits per heavy atom. The molecule has 2 N–H and O–H groups in total. The van der Waals surface area contributed by atoms with Crippen LogP contribution in [0.1, 0.15) is 45.4 Å². The lowest BCUT2D eigenvalue weighted by atomic mass is 10.0. The van der Waals surface area contributed by atoms with Gasteiger partial charge in [0.15, 0.2) is 0 Å². The Labute approximate surface area is 98.4 Å². The highest BCUT2D eigenvalue weighted by atomic mass is 16.2. The molecule has 1 unspecified atom stereocenters. The summed E-state index contributed by atoms with van der Waals surface area (Å²) in [6, 6.07) is 0.573. The van der Waals surface area contributed by atoms with Gasteiger partial charge < -0.3 is 10.6 Å². The van der Waals surface area contributed by atoms with Crippen molar-refractivity contribution >= 4 is 5.91 Å². The lowest BCUT2D eigenvalue weighted by Gasteiger charge is -2.24. The first-order valence-corrected chi connectivity index (χ1v) is 6.74. The van der Waals surface area contributed by atoms with Gasteiger partial charge in [0.1, 0.15) is 0 Å². The average molecular weight is 224 g/mol. The van der Waals surface area contributed by atoms with E-state index in [0.717, 1.165) is 18.9 Å². The third kappa shape index (κ3) is 3.21. The molecule has 0 heterocycles. The van der Waals surface area contributed by atoms with Crippen LogP contribution in [-0.2, 0) is 4.79 Å². The van der Waals surface area contributed by atoms with Gasteiger partial charge in [-0.15, -0.1) is 0 Å². The minimum Gasteiger partial charge on any atom is -0.339 e. The first-order chi connectivity index (χ1) is 7.74. The predicted octanol–water partition coefficient (Wildman–Crippen LogP) is 1.76. The highest BCUT2D eigenvalue weighted by molar-refractivity contribution is 5.77. The summed E-state index contributed by atoms with van der Waals surface area (Å²) in [5.74, 6) is 1.54. The Morgan fingerprint density at radius 3 is 2.50 bits per heavy atom. The zero-order valence-electron chi connectivity index (χ0n) is 10.3. The van der Waals surface area contributed by atoms with Gasteiger partial charge >= 0.3 is 0 Å². The number of rotatable bonds is 7. The van der Waals surface area contributed by atoms with E-state index in [0.29, 0.717) is 30.8 Å². The molecule has 3 nitrogen and oxygen atoms in total. The van der Waals surface area contributed by atoms with E-state index in [2.05, 4.69) is 11.8 Å². The molecule has 92 valence electrons. The number of hydrogen-bond donors (Lipinski definition) is 1. The molecular formula is C13H24N2O. The Bertz CT molecular complexity index is 242. The molecule has 0 spiro atoms. The molecule has 0 aromatic heterocycles. The number of nitrogens with zero attached hydrogens (tertiary/aromatic N) is 1. The summed E-state index contributed by atoms with van der Waals surface area (Å²) in [6.07, 6.45) is 6.77. The fourth-order valence-electron chi connectivity index (χ4n) is 2.18. The molecule has 0 bridgehead atoms. The number of nitrogens with two attached hydrogens (primary N) is 1. The lowest BCUT2D eigenvalue weighted by Crippen LogP contribution is -2.36. The fourth-order valence-corrected chi connectivity index (χ4v) is 2.18. The van der Waals surface area contributed by atoms with E-state index in [1.54, 1.807) is 0 Å². The number of carbonyl (C=O) groups is 1. The Hall–Kier alpha value is -0.570. The number of hydrogen-bond acceptors (Lipinski definition) is 2. The van der Waals surface area contributed by atoms with Gasteiger partial charge in [0.25, 0.3) is 0 Å². The maximum Gasteiger partial charge on any atom is 0.223 e. The van der Waals surface area contributed by atoms with Crippen molar-refractivity contribution in [3.63, 3.8) is 0 Å². The Kier molecular flexibility index (Phi) is 3.85. The maximum atomic E-state index is 12.2. The van der Waals surface area contributed by atoms with Crippen LogP contribution in [0.4, 0.5) is 0 Å². The molecule has 2 saturated carbocycles. The highest BCUT2D eigenvalue weighted by Gasteiger charge is 2.36. The van der Waals surface area contributed by atoms with E-state index in [-0.39, 0.29) is 0 Å². The van der Waals surface area contributed by atoms with Crippen LogP contribution in [0.2, 0.25) is 0 Å². The lowest BCUT2D eigenvalue weighted by molar-refractivity contribution is -0.133. The van der Waals surface area contributed by atoms with Crippen molar-refractivity contribution in [1.29, 1.82) is 0 Å². The van der Waals surface area contributed by atoms with Crippen molar-refractivity contribution in [2.24, 2.45) is 17.6 Å². The summed E-state index contributed by atoms with van der Waals surface area (Å²) >= 11 is 0. The third-order valence-electron chi connectivity index (χ3n) is 3.83. The zero-order chi connectivity index (χ0) is 11.5. The molecular weight excluding hydrogens is 200 g/mol. The zero-order valence-corrected chi connectivity index (χ0v) is 10.3. The Balaban J connectivity index is 1.83. The fraction of sp³-hybridized carbons (Fsp3) is 0.923. The van der Waals surface area contributed by atoms with Crippen LogP contribution in [0.5, 0.6) is 0 Å². The van der Waals surface area contributed by atoms with Crippen LogP contribution in [0.25, 0.3) is 0 Å². The molecule has 2 aliphatic carbocycles. The second-order valence-corrected chi connectivity index (χ2v) is 5.43. The van der Waals surface area contributed by atoms with Gasteiger partial charge in [0.05, 0.1) is 0 Å². The number of amides is 1. The van der Waals surface area contributed by atoms with E-state index in [1.165, 1.54) is 25.7 Å². The largest absolute Gasteiger partial charge is 0.339 e. The van der Waals surface area contributed by atoms with Gasteiger partial charge in [0.2, 0.25) is 5.91 Å². The van der Waals surface area contributed by atoms with Gasteiger partial charge in [-0.2, -0.15) is 0 Å². The number of carbonyl (C=O) groups excluding carboxylic acids is 1. The smallest absolute Gasteiger partial charge is 0.223 e. The molecule has 0 aliphatic heterocycles. The molecule has 1 amide bonds. The second-order valence-electron chi connectivity index (χ2n) is 5.43. The standard InChI is InChI=1S/C13H24N2O/c1-2-10(8-14)7-13(16)15(12-5-6-12)9-11-3-4-11/h10-12H,2-9,14H2,1H3. The molecule has 16 heavy (non-hydrogen) atoms. The van der Waals surface area contributed by atoms with Gasteiger partial charge in [-0.1, -0.05) is 13.3 Å². The van der Waals surface area contributed by atoms with Gasteiger partial charge in [-0.05, 0) is 44.1 Å². The van der Waals surface area contributed by atoms with Crippen LogP contribution in [0.3, 0.4) is 0 Å². The first-order valence-electron chi connectivity index (χ1n) is 6.74. The molecule has 0 aromatic rings. The van der Waals surface area contributed by atoms with Gasteiger partial charge in [0, 0.05) is 19.0 Å². The Morgan fingerprint density at radius 1 is 1.38 bits per heavy atom. The average Bonchev–Trinajstić information content (AvgIpc) is 3.15. The SMILES string of the molecule is CCC(CN)CC(=O)N(CC1CC1)C1CC1. The molecule has 2 aliphatic rings. The molecule has 2 fully saturated rings. The van der Waals surface area contributed by atoms with E-state index in [4.69, 9.17) is 5.73 Å². The minimum atomic E-state index is 0.353. The van der Waals surface area contributed by atoms with E-state index < -0.39 is 0 Å². The summed E-state index contributed by atoms with van der Waals surface area (Å²) in [5.41, 5.74) is 5.67. The van der Waals surface area contributed by atoms with Crippen molar-refractivity contribution in [3.8, 4) is 0 Å². The van der Waals surface area contributed by atoms with Crippen LogP contribution in [0, 0.1) is 11.8 Å². The summed E-state index contributed by atoms with van der Waals surface area (Å²) in [7, 11) is 0. The van der Waals surface area contributed by atoms with Crippen molar-refractivity contribution in [2.45, 2.75) is 51.5 Å². The molecule has 0 radical (unpaired) electrons. The predicted molar refractivity (Wildman–Crippen MR) is 64.9 cm³/mol. The van der Waals surface area contributed by atoms with E-state index in [1.807, 2.05) is 0 Å². The summed E-state index contributed by atoms with van der Waals surface area (Å²) in [4.78, 5) is 14.3. The van der Waals surface area contributed by atoms with Crippen molar-refractivity contribution < 1.29 is 4.79 Å². The van der Waals surface area contributed by atoms with Gasteiger partial charge in [-0.25, -0.2) is 0 Å². The summed E-state index contributed by atoms with van der Waals surface area (Å²) in [6.45, 7) is 3.78. The molecule has 1 atom stereocenters. The second kappa shape index (κ2) is 5.17. The van der Waals surface area contributed by atoms with Crippen molar-refractivity contribution in [2.75, 3.05) is 13.1 Å². The minimum absolute atomic E-state index is 0.353. The quantitative estimate of drug-likeness (QED) is 0.716. The third-order valence-corrected chi connectivity index (χ3v) is 3.83. The highest BCUT2D eigenvalue weighted by Crippen LogP contribution is 2.35. The summed E-state index contributed by atoms with van der Waals surface area (Å²) in [5, 5.41) is 0. The van der Waals surface area contributed by atoms with Crippen molar-refractivity contribution in [3.05, 3.63) is 0 Å². The molecule has 0 saturated heterocycles.